The summed E-state index contributed by atoms with van der Waals surface area (Å²) in [6.07, 6.45) is 3.11. The van der Waals surface area contributed by atoms with Gasteiger partial charge < -0.3 is 14.4 Å². The Morgan fingerprint density at radius 2 is 2.18 bits per heavy atom. The van der Waals surface area contributed by atoms with E-state index in [0.29, 0.717) is 18.3 Å². The monoisotopic (exact) mass is 235 g/mol. The quantitative estimate of drug-likeness (QED) is 0.857. The summed E-state index contributed by atoms with van der Waals surface area (Å²) in [5, 5.41) is 6.94. The van der Waals surface area contributed by atoms with Crippen LogP contribution in [-0.2, 0) is 13.1 Å². The zero-order valence-corrected chi connectivity index (χ0v) is 10.4. The minimum Gasteiger partial charge on any atom is -0.347 e. The van der Waals surface area contributed by atoms with Gasteiger partial charge in [-0.3, -0.25) is 0 Å². The Bertz CT molecular complexity index is 488. The van der Waals surface area contributed by atoms with Gasteiger partial charge in [0.15, 0.2) is 5.82 Å². The summed E-state index contributed by atoms with van der Waals surface area (Å²) in [6, 6.07) is 0. The van der Waals surface area contributed by atoms with Crippen LogP contribution in [0.15, 0.2) is 10.7 Å². The van der Waals surface area contributed by atoms with Gasteiger partial charge in [-0.25, -0.2) is 4.98 Å². The molecule has 6 nitrogen and oxygen atoms in total. The third-order valence-corrected chi connectivity index (χ3v) is 2.33. The van der Waals surface area contributed by atoms with E-state index in [1.807, 2.05) is 13.1 Å². The summed E-state index contributed by atoms with van der Waals surface area (Å²) in [6.45, 7) is 7.37. The molecule has 0 spiro atoms. The van der Waals surface area contributed by atoms with Crippen molar-refractivity contribution in [2.75, 3.05) is 5.32 Å². The van der Waals surface area contributed by atoms with Crippen molar-refractivity contribution in [3.8, 4) is 0 Å². The number of imidazole rings is 1. The molecule has 17 heavy (non-hydrogen) atoms. The lowest BCUT2D eigenvalue weighted by Gasteiger charge is -2.06. The molecule has 0 fully saturated rings. The van der Waals surface area contributed by atoms with Crippen molar-refractivity contribution in [3.05, 3.63) is 23.6 Å². The van der Waals surface area contributed by atoms with Crippen LogP contribution in [0.1, 0.15) is 30.8 Å². The number of nitrogens with zero attached hydrogens (tertiary/aromatic N) is 4. The highest BCUT2D eigenvalue weighted by Gasteiger charge is 2.07. The maximum atomic E-state index is 5.03. The zero-order chi connectivity index (χ0) is 12.3. The summed E-state index contributed by atoms with van der Waals surface area (Å²) in [5.41, 5.74) is 1.00. The lowest BCUT2D eigenvalue weighted by atomic mass is 10.5. The molecule has 0 aliphatic rings. The molecule has 0 aliphatic heterocycles. The molecule has 0 bridgehead atoms. The molecule has 1 N–H and O–H groups in total. The van der Waals surface area contributed by atoms with Crippen molar-refractivity contribution in [1.82, 2.24) is 19.7 Å². The summed E-state index contributed by atoms with van der Waals surface area (Å²) in [4.78, 5) is 8.54. The molecule has 2 aromatic heterocycles. The number of rotatable bonds is 5. The van der Waals surface area contributed by atoms with Crippen molar-refractivity contribution in [2.45, 2.75) is 40.3 Å². The maximum absolute atomic E-state index is 5.03. The Morgan fingerprint density at radius 1 is 1.35 bits per heavy atom. The Morgan fingerprint density at radius 3 is 2.82 bits per heavy atom. The Hall–Kier alpha value is -1.85. The molecule has 0 unspecified atom stereocenters. The second-order valence-corrected chi connectivity index (χ2v) is 3.99. The molecule has 0 atom stereocenters. The predicted octanol–water partition coefficient (Wildman–Crippen LogP) is 1.91. The Labute approximate surface area is 100 Å². The van der Waals surface area contributed by atoms with Crippen molar-refractivity contribution in [1.29, 1.82) is 0 Å². The highest BCUT2D eigenvalue weighted by atomic mass is 16.5. The minimum atomic E-state index is 0.501. The van der Waals surface area contributed by atoms with Gasteiger partial charge in [-0.2, -0.15) is 4.98 Å². The number of aryl methyl sites for hydroxylation is 3. The molecule has 2 rings (SSSR count). The van der Waals surface area contributed by atoms with E-state index in [9.17, 15) is 0 Å². The van der Waals surface area contributed by atoms with Gasteiger partial charge in [-0.15, -0.1) is 0 Å². The highest BCUT2D eigenvalue weighted by Crippen LogP contribution is 2.10. The van der Waals surface area contributed by atoms with E-state index in [1.54, 1.807) is 6.92 Å². The number of hydrogen-bond donors (Lipinski definition) is 1. The van der Waals surface area contributed by atoms with E-state index >= 15 is 0 Å². The molecule has 0 aromatic carbocycles. The number of nitrogens with one attached hydrogen (secondary N) is 1. The average molecular weight is 235 g/mol. The predicted molar refractivity (Wildman–Crippen MR) is 63.6 cm³/mol. The maximum Gasteiger partial charge on any atom is 0.246 e. The van der Waals surface area contributed by atoms with Crippen LogP contribution in [0.2, 0.25) is 0 Å². The van der Waals surface area contributed by atoms with Gasteiger partial charge >= 0.3 is 0 Å². The minimum absolute atomic E-state index is 0.501. The molecular weight excluding hydrogens is 218 g/mol. The molecule has 0 saturated heterocycles. The van der Waals surface area contributed by atoms with E-state index in [-0.39, 0.29) is 0 Å². The van der Waals surface area contributed by atoms with E-state index in [2.05, 4.69) is 31.9 Å². The molecular formula is C11H17N5O. The molecule has 6 heteroatoms. The average Bonchev–Trinajstić information content (AvgIpc) is 2.83. The third kappa shape index (κ3) is 2.83. The smallest absolute Gasteiger partial charge is 0.246 e. The summed E-state index contributed by atoms with van der Waals surface area (Å²) < 4.78 is 7.13. The zero-order valence-electron chi connectivity index (χ0n) is 10.4. The Kier molecular flexibility index (Phi) is 3.41. The van der Waals surface area contributed by atoms with Crippen LogP contribution in [0.4, 0.5) is 5.95 Å². The lowest BCUT2D eigenvalue weighted by Crippen LogP contribution is -2.07. The SMILES string of the molecule is CCCn1cc(C)nc1NCc1nc(C)no1. The second kappa shape index (κ2) is 4.99. The van der Waals surface area contributed by atoms with Gasteiger partial charge in [-0.1, -0.05) is 12.1 Å². The van der Waals surface area contributed by atoms with Gasteiger partial charge in [0, 0.05) is 12.7 Å². The first-order valence-corrected chi connectivity index (χ1v) is 5.76. The normalized spacial score (nSPS) is 10.8. The molecule has 0 amide bonds. The molecule has 2 aromatic rings. The van der Waals surface area contributed by atoms with E-state index in [0.717, 1.165) is 24.6 Å². The topological polar surface area (TPSA) is 68.8 Å². The summed E-state index contributed by atoms with van der Waals surface area (Å²) >= 11 is 0. The van der Waals surface area contributed by atoms with Crippen LogP contribution < -0.4 is 5.32 Å². The first kappa shape index (κ1) is 11.6. The van der Waals surface area contributed by atoms with Crippen molar-refractivity contribution < 1.29 is 4.52 Å². The fourth-order valence-electron chi connectivity index (χ4n) is 1.67. The van der Waals surface area contributed by atoms with Crippen LogP contribution in [-0.4, -0.2) is 19.7 Å². The number of aromatic nitrogens is 4. The van der Waals surface area contributed by atoms with Crippen LogP contribution in [0.3, 0.4) is 0 Å². The van der Waals surface area contributed by atoms with Crippen molar-refractivity contribution >= 4 is 5.95 Å². The largest absolute Gasteiger partial charge is 0.347 e. The van der Waals surface area contributed by atoms with E-state index in [4.69, 9.17) is 4.52 Å². The molecule has 0 saturated carbocycles. The first-order chi connectivity index (χ1) is 8.19. The van der Waals surface area contributed by atoms with Crippen LogP contribution in [0.25, 0.3) is 0 Å². The fourth-order valence-corrected chi connectivity index (χ4v) is 1.67. The molecule has 92 valence electrons. The lowest BCUT2D eigenvalue weighted by molar-refractivity contribution is 0.379. The van der Waals surface area contributed by atoms with Gasteiger partial charge in [-0.05, 0) is 20.3 Å². The molecule has 0 aliphatic carbocycles. The van der Waals surface area contributed by atoms with Gasteiger partial charge in [0.05, 0.1) is 12.2 Å². The van der Waals surface area contributed by atoms with E-state index < -0.39 is 0 Å². The van der Waals surface area contributed by atoms with Crippen LogP contribution in [0, 0.1) is 13.8 Å². The van der Waals surface area contributed by atoms with Crippen molar-refractivity contribution in [3.63, 3.8) is 0 Å². The standard InChI is InChI=1S/C11H17N5O/c1-4-5-16-7-8(2)13-11(16)12-6-10-14-9(3)15-17-10/h7H,4-6H2,1-3H3,(H,12,13). The van der Waals surface area contributed by atoms with Gasteiger partial charge in [0.2, 0.25) is 11.8 Å². The van der Waals surface area contributed by atoms with Crippen LogP contribution in [0.5, 0.6) is 0 Å². The molecule has 0 radical (unpaired) electrons. The summed E-state index contributed by atoms with van der Waals surface area (Å²) in [7, 11) is 0. The number of hydrogen-bond acceptors (Lipinski definition) is 5. The fraction of sp³-hybridized carbons (Fsp3) is 0.545. The van der Waals surface area contributed by atoms with Crippen LogP contribution >= 0.6 is 0 Å². The van der Waals surface area contributed by atoms with Crippen molar-refractivity contribution in [2.24, 2.45) is 0 Å². The van der Waals surface area contributed by atoms with E-state index in [1.165, 1.54) is 0 Å². The first-order valence-electron chi connectivity index (χ1n) is 5.76. The Balaban J connectivity index is 2.02. The second-order valence-electron chi connectivity index (χ2n) is 3.99. The van der Waals surface area contributed by atoms with Gasteiger partial charge in [0.1, 0.15) is 0 Å². The van der Waals surface area contributed by atoms with Gasteiger partial charge in [0.25, 0.3) is 0 Å². The summed E-state index contributed by atoms with van der Waals surface area (Å²) in [5.74, 6) is 2.07. The third-order valence-electron chi connectivity index (χ3n) is 2.33. The molecule has 2 heterocycles. The number of anilines is 1. The highest BCUT2D eigenvalue weighted by molar-refractivity contribution is 5.28.